The summed E-state index contributed by atoms with van der Waals surface area (Å²) < 4.78 is 0.950. The SMILES string of the molecule is CC1CCC(c2c(C(=O)N(C)C)sc3cnc(Nc4ccc(N5CCN(C)CC5)nn4)nc23)CC1. The molecule has 1 amide bonds. The monoisotopic (exact) mass is 494 g/mol. The highest BCUT2D eigenvalue weighted by atomic mass is 32.1. The van der Waals surface area contributed by atoms with E-state index in [2.05, 4.69) is 44.3 Å². The van der Waals surface area contributed by atoms with Gasteiger partial charge in [0.15, 0.2) is 11.6 Å². The number of nitrogens with zero attached hydrogens (tertiary/aromatic N) is 7. The van der Waals surface area contributed by atoms with Gasteiger partial charge in [-0.3, -0.25) is 4.79 Å². The van der Waals surface area contributed by atoms with Crippen molar-refractivity contribution in [2.45, 2.75) is 38.5 Å². The van der Waals surface area contributed by atoms with Crippen LogP contribution in [0.25, 0.3) is 10.2 Å². The summed E-state index contributed by atoms with van der Waals surface area (Å²) in [5.74, 6) is 3.11. The number of anilines is 3. The lowest BCUT2D eigenvalue weighted by Gasteiger charge is -2.32. The molecule has 1 saturated heterocycles. The number of piperazine rings is 1. The zero-order valence-corrected chi connectivity index (χ0v) is 21.8. The summed E-state index contributed by atoms with van der Waals surface area (Å²) in [5.41, 5.74) is 1.98. The van der Waals surface area contributed by atoms with Crippen molar-refractivity contribution in [3.63, 3.8) is 0 Å². The highest BCUT2D eigenvalue weighted by Gasteiger charge is 2.30. The molecule has 1 N–H and O–H groups in total. The lowest BCUT2D eigenvalue weighted by molar-refractivity contribution is 0.0830. The van der Waals surface area contributed by atoms with Crippen LogP contribution in [0, 0.1) is 5.92 Å². The lowest BCUT2D eigenvalue weighted by atomic mass is 9.79. The number of amides is 1. The van der Waals surface area contributed by atoms with Crippen molar-refractivity contribution in [2.75, 3.05) is 57.5 Å². The van der Waals surface area contributed by atoms with Gasteiger partial charge in [-0.05, 0) is 43.9 Å². The standard InChI is InChI=1S/C25H34N8OS/c1-16-5-7-17(8-6-16)21-22-18(35-23(21)24(34)31(2)3)15-26-25(28-22)27-19-9-10-20(30-29-19)33-13-11-32(4)12-14-33/h9-10,15-17H,5-8,11-14H2,1-4H3,(H,26,27,28,29). The topological polar surface area (TPSA) is 90.4 Å². The van der Waals surface area contributed by atoms with E-state index in [1.54, 1.807) is 4.90 Å². The molecule has 3 aromatic rings. The molecular weight excluding hydrogens is 460 g/mol. The summed E-state index contributed by atoms with van der Waals surface area (Å²) in [6.07, 6.45) is 6.37. The first-order valence-corrected chi connectivity index (χ1v) is 13.3. The van der Waals surface area contributed by atoms with Gasteiger partial charge in [-0.2, -0.15) is 0 Å². The third kappa shape index (κ3) is 5.08. The van der Waals surface area contributed by atoms with Gasteiger partial charge in [0.2, 0.25) is 5.95 Å². The fourth-order valence-electron chi connectivity index (χ4n) is 4.97. The number of rotatable bonds is 5. The Labute approximate surface area is 210 Å². The third-order valence-electron chi connectivity index (χ3n) is 7.21. The van der Waals surface area contributed by atoms with E-state index < -0.39 is 0 Å². The maximum Gasteiger partial charge on any atom is 0.263 e. The van der Waals surface area contributed by atoms with Crippen LogP contribution in [0.2, 0.25) is 0 Å². The van der Waals surface area contributed by atoms with Gasteiger partial charge in [0.25, 0.3) is 5.91 Å². The average Bonchev–Trinajstić information content (AvgIpc) is 3.24. The third-order valence-corrected chi connectivity index (χ3v) is 8.33. The second-order valence-corrected chi connectivity index (χ2v) is 11.2. The van der Waals surface area contributed by atoms with Gasteiger partial charge >= 0.3 is 0 Å². The van der Waals surface area contributed by atoms with Gasteiger partial charge < -0.3 is 20.0 Å². The molecule has 3 aromatic heterocycles. The van der Waals surface area contributed by atoms with Crippen LogP contribution in [0.4, 0.5) is 17.6 Å². The van der Waals surface area contributed by atoms with Crippen LogP contribution < -0.4 is 10.2 Å². The molecule has 0 spiro atoms. The number of thiophene rings is 1. The molecule has 1 aliphatic carbocycles. The molecule has 35 heavy (non-hydrogen) atoms. The second-order valence-electron chi connectivity index (χ2n) is 10.1. The van der Waals surface area contributed by atoms with E-state index in [-0.39, 0.29) is 5.91 Å². The molecule has 0 bridgehead atoms. The number of carbonyl (C=O) groups is 1. The first kappa shape index (κ1) is 23.9. The number of nitrogens with one attached hydrogen (secondary N) is 1. The molecule has 10 heteroatoms. The molecule has 2 fully saturated rings. The molecule has 5 rings (SSSR count). The molecule has 186 valence electrons. The van der Waals surface area contributed by atoms with Crippen molar-refractivity contribution >= 4 is 45.0 Å². The number of hydrogen-bond donors (Lipinski definition) is 1. The summed E-state index contributed by atoms with van der Waals surface area (Å²) in [5, 5.41) is 12.0. The average molecular weight is 495 g/mol. The highest BCUT2D eigenvalue weighted by Crippen LogP contribution is 2.43. The summed E-state index contributed by atoms with van der Waals surface area (Å²) in [6.45, 7) is 6.26. The van der Waals surface area contributed by atoms with E-state index in [1.807, 2.05) is 32.4 Å². The Bertz CT molecular complexity index is 1180. The van der Waals surface area contributed by atoms with E-state index in [0.29, 0.717) is 17.7 Å². The predicted octanol–water partition coefficient (Wildman–Crippen LogP) is 3.97. The van der Waals surface area contributed by atoms with Crippen LogP contribution in [0.15, 0.2) is 18.3 Å². The van der Waals surface area contributed by atoms with Gasteiger partial charge in [0, 0.05) is 45.8 Å². The molecule has 0 radical (unpaired) electrons. The molecule has 0 unspecified atom stereocenters. The Morgan fingerprint density at radius 1 is 1.09 bits per heavy atom. The molecule has 9 nitrogen and oxygen atoms in total. The summed E-state index contributed by atoms with van der Waals surface area (Å²) in [6, 6.07) is 3.92. The summed E-state index contributed by atoms with van der Waals surface area (Å²) in [4.78, 5) is 29.5. The van der Waals surface area contributed by atoms with Crippen LogP contribution in [0.5, 0.6) is 0 Å². The molecule has 4 heterocycles. The van der Waals surface area contributed by atoms with Crippen molar-refractivity contribution in [3.05, 3.63) is 28.8 Å². The Kier molecular flexibility index (Phi) is 6.84. The number of aromatic nitrogens is 4. The predicted molar refractivity (Wildman–Crippen MR) is 141 cm³/mol. The van der Waals surface area contributed by atoms with Crippen molar-refractivity contribution in [1.29, 1.82) is 0 Å². The van der Waals surface area contributed by atoms with E-state index in [9.17, 15) is 4.79 Å². The minimum atomic E-state index is 0.0430. The van der Waals surface area contributed by atoms with Crippen LogP contribution in [0.3, 0.4) is 0 Å². The van der Waals surface area contributed by atoms with Crippen LogP contribution in [-0.2, 0) is 0 Å². The number of likely N-dealkylation sites (N-methyl/N-ethyl adjacent to an activating group) is 1. The first-order valence-electron chi connectivity index (χ1n) is 12.4. The van der Waals surface area contributed by atoms with Gasteiger partial charge in [-0.25, -0.2) is 9.97 Å². The normalized spacial score (nSPS) is 21.3. The molecule has 0 aromatic carbocycles. The molecular formula is C25H34N8OS. The van der Waals surface area contributed by atoms with E-state index in [4.69, 9.17) is 4.98 Å². The Morgan fingerprint density at radius 2 is 1.83 bits per heavy atom. The molecule has 1 aliphatic heterocycles. The van der Waals surface area contributed by atoms with Gasteiger partial charge in [-0.15, -0.1) is 21.5 Å². The first-order chi connectivity index (χ1) is 16.9. The van der Waals surface area contributed by atoms with Crippen LogP contribution in [0.1, 0.15) is 53.8 Å². The molecule has 2 aliphatic rings. The summed E-state index contributed by atoms with van der Waals surface area (Å²) in [7, 11) is 5.76. The van der Waals surface area contributed by atoms with Gasteiger partial charge in [-0.1, -0.05) is 19.8 Å². The molecule has 1 saturated carbocycles. The number of carbonyl (C=O) groups excluding carboxylic acids is 1. The highest BCUT2D eigenvalue weighted by molar-refractivity contribution is 7.21. The van der Waals surface area contributed by atoms with Crippen molar-refractivity contribution in [3.8, 4) is 0 Å². The van der Waals surface area contributed by atoms with Gasteiger partial charge in [0.05, 0.1) is 21.3 Å². The zero-order valence-electron chi connectivity index (χ0n) is 21.0. The minimum Gasteiger partial charge on any atom is -0.353 e. The van der Waals surface area contributed by atoms with Crippen LogP contribution in [-0.4, -0.2) is 83.2 Å². The Balaban J connectivity index is 1.41. The Hall–Kier alpha value is -2.85. The quantitative estimate of drug-likeness (QED) is 0.570. The van der Waals surface area contributed by atoms with Crippen molar-refractivity contribution in [2.24, 2.45) is 5.92 Å². The largest absolute Gasteiger partial charge is 0.353 e. The number of hydrogen-bond acceptors (Lipinski definition) is 9. The van der Waals surface area contributed by atoms with Crippen molar-refractivity contribution in [1.82, 2.24) is 30.0 Å². The van der Waals surface area contributed by atoms with E-state index >= 15 is 0 Å². The summed E-state index contributed by atoms with van der Waals surface area (Å²) >= 11 is 1.51. The maximum absolute atomic E-state index is 13.0. The van der Waals surface area contributed by atoms with Gasteiger partial charge in [0.1, 0.15) is 0 Å². The van der Waals surface area contributed by atoms with E-state index in [0.717, 1.165) is 71.4 Å². The Morgan fingerprint density at radius 3 is 2.49 bits per heavy atom. The van der Waals surface area contributed by atoms with Crippen LogP contribution >= 0.6 is 11.3 Å². The second kappa shape index (κ2) is 10.0. The zero-order chi connectivity index (χ0) is 24.5. The number of fused-ring (bicyclic) bond motifs is 1. The smallest absolute Gasteiger partial charge is 0.263 e. The maximum atomic E-state index is 13.0. The molecule has 0 atom stereocenters. The van der Waals surface area contributed by atoms with E-state index in [1.165, 1.54) is 24.2 Å². The lowest BCUT2D eigenvalue weighted by Crippen LogP contribution is -2.44. The fraction of sp³-hybridized carbons (Fsp3) is 0.560. The minimum absolute atomic E-state index is 0.0430. The van der Waals surface area contributed by atoms with Crippen molar-refractivity contribution < 1.29 is 4.79 Å². The fourth-order valence-corrected chi connectivity index (χ4v) is 6.19.